The van der Waals surface area contributed by atoms with Crippen LogP contribution >= 0.6 is 0 Å². The van der Waals surface area contributed by atoms with Crippen LogP contribution in [0.1, 0.15) is 23.6 Å². The smallest absolute Gasteiger partial charge is 0.324 e. The lowest BCUT2D eigenvalue weighted by Crippen LogP contribution is -2.42. The first-order valence-corrected chi connectivity index (χ1v) is 8.59. The lowest BCUT2D eigenvalue weighted by molar-refractivity contribution is -0.133. The SMILES string of the molecule is Cc1cccc(C)c1NC(=O)CN1C(=O)N[C@@](C)(c2cc(F)ccc2F)C1=O. The summed E-state index contributed by atoms with van der Waals surface area (Å²) in [6, 6.07) is 7.28. The molecule has 3 rings (SSSR count). The monoisotopic (exact) mass is 387 g/mol. The van der Waals surface area contributed by atoms with Crippen molar-refractivity contribution in [3.8, 4) is 0 Å². The van der Waals surface area contributed by atoms with E-state index in [-0.39, 0.29) is 5.56 Å². The Morgan fingerprint density at radius 2 is 1.79 bits per heavy atom. The zero-order valence-electron chi connectivity index (χ0n) is 15.6. The van der Waals surface area contributed by atoms with Gasteiger partial charge in [-0.2, -0.15) is 0 Å². The van der Waals surface area contributed by atoms with Crippen molar-refractivity contribution in [3.63, 3.8) is 0 Å². The number of nitrogens with zero attached hydrogens (tertiary/aromatic N) is 1. The lowest BCUT2D eigenvalue weighted by atomic mass is 9.91. The molecule has 0 saturated carbocycles. The van der Waals surface area contributed by atoms with Gasteiger partial charge in [-0.25, -0.2) is 13.6 Å². The number of aryl methyl sites for hydroxylation is 2. The minimum atomic E-state index is -1.80. The summed E-state index contributed by atoms with van der Waals surface area (Å²) in [6.07, 6.45) is 0. The predicted octanol–water partition coefficient (Wildman–Crippen LogP) is 2.99. The zero-order valence-corrected chi connectivity index (χ0v) is 15.6. The normalized spacial score (nSPS) is 19.0. The van der Waals surface area contributed by atoms with Crippen molar-refractivity contribution in [3.05, 3.63) is 64.7 Å². The quantitative estimate of drug-likeness (QED) is 0.792. The molecule has 1 heterocycles. The van der Waals surface area contributed by atoms with E-state index in [0.29, 0.717) is 10.6 Å². The molecule has 1 saturated heterocycles. The third-order valence-corrected chi connectivity index (χ3v) is 4.79. The third-order valence-electron chi connectivity index (χ3n) is 4.79. The summed E-state index contributed by atoms with van der Waals surface area (Å²) >= 11 is 0. The van der Waals surface area contributed by atoms with Crippen LogP contribution in [-0.2, 0) is 15.1 Å². The highest BCUT2D eigenvalue weighted by Crippen LogP contribution is 2.31. The van der Waals surface area contributed by atoms with Crippen molar-refractivity contribution in [1.29, 1.82) is 0 Å². The number of anilines is 1. The fourth-order valence-electron chi connectivity index (χ4n) is 3.24. The van der Waals surface area contributed by atoms with Gasteiger partial charge in [0, 0.05) is 11.3 Å². The first-order chi connectivity index (χ1) is 13.1. The maximum atomic E-state index is 14.2. The Balaban J connectivity index is 1.82. The molecule has 0 bridgehead atoms. The highest BCUT2D eigenvalue weighted by Gasteiger charge is 2.50. The number of nitrogens with one attached hydrogen (secondary N) is 2. The Morgan fingerprint density at radius 3 is 2.43 bits per heavy atom. The first-order valence-electron chi connectivity index (χ1n) is 8.59. The number of hydrogen-bond acceptors (Lipinski definition) is 3. The summed E-state index contributed by atoms with van der Waals surface area (Å²) in [5, 5.41) is 5.04. The van der Waals surface area contributed by atoms with Gasteiger partial charge in [0.25, 0.3) is 5.91 Å². The van der Waals surface area contributed by atoms with Crippen LogP contribution in [0.3, 0.4) is 0 Å². The van der Waals surface area contributed by atoms with Crippen molar-refractivity contribution < 1.29 is 23.2 Å². The Labute approximate surface area is 160 Å². The van der Waals surface area contributed by atoms with E-state index in [2.05, 4.69) is 10.6 Å². The molecule has 0 radical (unpaired) electrons. The molecule has 8 heteroatoms. The second kappa shape index (κ2) is 7.03. The summed E-state index contributed by atoms with van der Waals surface area (Å²) in [5.74, 6) is -2.99. The number of urea groups is 1. The van der Waals surface area contributed by atoms with E-state index in [1.54, 1.807) is 0 Å². The van der Waals surface area contributed by atoms with Crippen molar-refractivity contribution in [2.75, 3.05) is 11.9 Å². The molecule has 1 aliphatic rings. The molecular formula is C20H19F2N3O3. The zero-order chi connectivity index (χ0) is 20.6. The minimum Gasteiger partial charge on any atom is -0.324 e. The number of rotatable bonds is 4. The number of amides is 4. The molecule has 0 unspecified atom stereocenters. The molecule has 2 aromatic rings. The van der Waals surface area contributed by atoms with E-state index in [1.165, 1.54) is 6.92 Å². The van der Waals surface area contributed by atoms with Crippen LogP contribution in [0.25, 0.3) is 0 Å². The fraction of sp³-hybridized carbons (Fsp3) is 0.250. The van der Waals surface area contributed by atoms with Crippen LogP contribution in [0, 0.1) is 25.5 Å². The van der Waals surface area contributed by atoms with Crippen molar-refractivity contribution in [2.24, 2.45) is 0 Å². The second-order valence-electron chi connectivity index (χ2n) is 6.89. The predicted molar refractivity (Wildman–Crippen MR) is 98.5 cm³/mol. The van der Waals surface area contributed by atoms with Crippen molar-refractivity contribution in [1.82, 2.24) is 10.2 Å². The lowest BCUT2D eigenvalue weighted by Gasteiger charge is -2.22. The van der Waals surface area contributed by atoms with Gasteiger partial charge in [-0.05, 0) is 50.1 Å². The Kier molecular flexibility index (Phi) is 4.89. The Bertz CT molecular complexity index is 972. The highest BCUT2D eigenvalue weighted by atomic mass is 19.1. The molecular weight excluding hydrogens is 368 g/mol. The van der Waals surface area contributed by atoms with E-state index in [1.807, 2.05) is 32.0 Å². The van der Waals surface area contributed by atoms with Crippen LogP contribution in [0.5, 0.6) is 0 Å². The maximum Gasteiger partial charge on any atom is 0.325 e. The summed E-state index contributed by atoms with van der Waals surface area (Å²) < 4.78 is 27.7. The van der Waals surface area contributed by atoms with Crippen LogP contribution in [0.15, 0.2) is 36.4 Å². The molecule has 1 atom stereocenters. The van der Waals surface area contributed by atoms with Gasteiger partial charge in [0.2, 0.25) is 5.91 Å². The van der Waals surface area contributed by atoms with Crippen LogP contribution in [0.2, 0.25) is 0 Å². The third kappa shape index (κ3) is 3.33. The number of para-hydroxylation sites is 1. The van der Waals surface area contributed by atoms with E-state index in [4.69, 9.17) is 0 Å². The summed E-state index contributed by atoms with van der Waals surface area (Å²) in [5.41, 5.74) is 0.152. The van der Waals surface area contributed by atoms with E-state index in [9.17, 15) is 23.2 Å². The number of hydrogen-bond donors (Lipinski definition) is 2. The average molecular weight is 387 g/mol. The molecule has 1 aliphatic heterocycles. The Hall–Kier alpha value is -3.29. The van der Waals surface area contributed by atoms with Gasteiger partial charge in [0.15, 0.2) is 0 Å². The molecule has 146 valence electrons. The number of benzene rings is 2. The van der Waals surface area contributed by atoms with Gasteiger partial charge in [-0.15, -0.1) is 0 Å². The highest BCUT2D eigenvalue weighted by molar-refractivity contribution is 6.10. The van der Waals surface area contributed by atoms with E-state index >= 15 is 0 Å². The van der Waals surface area contributed by atoms with Gasteiger partial charge in [-0.1, -0.05) is 18.2 Å². The number of imide groups is 1. The van der Waals surface area contributed by atoms with Gasteiger partial charge >= 0.3 is 6.03 Å². The molecule has 0 aromatic heterocycles. The Morgan fingerprint density at radius 1 is 1.14 bits per heavy atom. The molecule has 1 fully saturated rings. The maximum absolute atomic E-state index is 14.2. The van der Waals surface area contributed by atoms with Gasteiger partial charge in [0.05, 0.1) is 0 Å². The van der Waals surface area contributed by atoms with Crippen molar-refractivity contribution >= 4 is 23.5 Å². The molecule has 2 N–H and O–H groups in total. The summed E-state index contributed by atoms with van der Waals surface area (Å²) in [7, 11) is 0. The average Bonchev–Trinajstić information content (AvgIpc) is 2.84. The van der Waals surface area contributed by atoms with Gasteiger partial charge in [-0.3, -0.25) is 14.5 Å². The topological polar surface area (TPSA) is 78.5 Å². The largest absolute Gasteiger partial charge is 0.325 e. The molecule has 28 heavy (non-hydrogen) atoms. The van der Waals surface area contributed by atoms with Gasteiger partial charge < -0.3 is 10.6 Å². The number of carbonyl (C=O) groups is 3. The van der Waals surface area contributed by atoms with Crippen molar-refractivity contribution in [2.45, 2.75) is 26.3 Å². The van der Waals surface area contributed by atoms with Crippen LogP contribution in [-0.4, -0.2) is 29.3 Å². The standard InChI is InChI=1S/C20H19F2N3O3/c1-11-5-4-6-12(2)17(11)23-16(26)10-25-18(27)20(3,24-19(25)28)14-9-13(21)7-8-15(14)22/h4-9H,10H2,1-3H3,(H,23,26)(H,24,28)/t20-/m0/s1. The van der Waals surface area contributed by atoms with Gasteiger partial charge in [0.1, 0.15) is 23.7 Å². The van der Waals surface area contributed by atoms with Crippen LogP contribution in [0.4, 0.5) is 19.3 Å². The molecule has 0 aliphatic carbocycles. The molecule has 4 amide bonds. The summed E-state index contributed by atoms with van der Waals surface area (Å²) in [6.45, 7) is 4.36. The molecule has 6 nitrogen and oxygen atoms in total. The second-order valence-corrected chi connectivity index (χ2v) is 6.89. The van der Waals surface area contributed by atoms with E-state index < -0.39 is 41.6 Å². The van der Waals surface area contributed by atoms with E-state index in [0.717, 1.165) is 29.3 Å². The molecule has 2 aromatic carbocycles. The summed E-state index contributed by atoms with van der Waals surface area (Å²) in [4.78, 5) is 38.2. The number of carbonyl (C=O) groups excluding carboxylic acids is 3. The minimum absolute atomic E-state index is 0.302. The molecule has 0 spiro atoms. The van der Waals surface area contributed by atoms with Crippen LogP contribution < -0.4 is 10.6 Å². The first kappa shape index (κ1) is 19.5. The number of halogens is 2. The fourth-order valence-corrected chi connectivity index (χ4v) is 3.24.